The van der Waals surface area contributed by atoms with Gasteiger partial charge in [0.05, 0.1) is 12.1 Å². The Bertz CT molecular complexity index is 1120. The first-order valence-electron chi connectivity index (χ1n) is 13.3. The molecule has 1 aromatic carbocycles. The van der Waals surface area contributed by atoms with Crippen LogP contribution in [0.2, 0.25) is 0 Å². The van der Waals surface area contributed by atoms with Crippen LogP contribution in [0.25, 0.3) is 10.9 Å². The first-order chi connectivity index (χ1) is 18.5. The highest BCUT2D eigenvalue weighted by Gasteiger charge is 2.34. The lowest BCUT2D eigenvalue weighted by molar-refractivity contribution is -0.142. The number of fused-ring (bicyclic) bond motifs is 1. The lowest BCUT2D eigenvalue weighted by Gasteiger charge is -2.29. The Morgan fingerprint density at radius 3 is 2.23 bits per heavy atom. The van der Waals surface area contributed by atoms with Gasteiger partial charge in [-0.2, -0.15) is 0 Å². The van der Waals surface area contributed by atoms with Gasteiger partial charge in [-0.3, -0.25) is 14.4 Å². The molecular weight excluding hydrogens is 504 g/mol. The molecule has 0 aliphatic carbocycles. The molecule has 0 saturated carbocycles. The number of aromatic amines is 1. The number of hydrogen-bond acceptors (Lipinski definition) is 7. The van der Waals surface area contributed by atoms with Gasteiger partial charge in [0.25, 0.3) is 0 Å². The van der Waals surface area contributed by atoms with Crippen LogP contribution < -0.4 is 27.4 Å². The number of unbranched alkanes of at least 4 members (excludes halogenated alkanes) is 1. The molecule has 2 aromatic rings. The highest BCUT2D eigenvalue weighted by atomic mass is 16.4. The number of H-pyrrole nitrogens is 1. The van der Waals surface area contributed by atoms with E-state index in [1.165, 1.54) is 6.92 Å². The van der Waals surface area contributed by atoms with Crippen LogP contribution in [0.5, 0.6) is 0 Å². The van der Waals surface area contributed by atoms with E-state index in [4.69, 9.17) is 11.5 Å². The molecule has 0 aliphatic rings. The summed E-state index contributed by atoms with van der Waals surface area (Å²) < 4.78 is 0. The number of aliphatic hydroxyl groups excluding tert-OH is 1. The van der Waals surface area contributed by atoms with Crippen LogP contribution in [0.15, 0.2) is 30.5 Å². The van der Waals surface area contributed by atoms with E-state index in [0.717, 1.165) is 16.5 Å². The van der Waals surface area contributed by atoms with Crippen molar-refractivity contribution in [1.82, 2.24) is 20.9 Å². The number of nitrogens with two attached hydrogens (primary N) is 2. The molecule has 12 nitrogen and oxygen atoms in total. The maximum absolute atomic E-state index is 13.3. The molecule has 0 saturated heterocycles. The second-order valence-electron chi connectivity index (χ2n) is 9.95. The van der Waals surface area contributed by atoms with Crippen molar-refractivity contribution in [1.29, 1.82) is 0 Å². The van der Waals surface area contributed by atoms with E-state index in [-0.39, 0.29) is 12.3 Å². The van der Waals surface area contributed by atoms with Crippen LogP contribution >= 0.6 is 0 Å². The van der Waals surface area contributed by atoms with E-state index in [1.54, 1.807) is 13.1 Å². The van der Waals surface area contributed by atoms with Gasteiger partial charge in [-0.1, -0.05) is 44.9 Å². The summed E-state index contributed by atoms with van der Waals surface area (Å²) in [6.45, 7) is 5.37. The van der Waals surface area contributed by atoms with E-state index >= 15 is 0 Å². The first-order valence-corrected chi connectivity index (χ1v) is 13.3. The maximum atomic E-state index is 13.3. The Morgan fingerprint density at radius 2 is 1.62 bits per heavy atom. The Labute approximate surface area is 228 Å². The molecule has 0 bridgehead atoms. The van der Waals surface area contributed by atoms with Crippen LogP contribution in [0.1, 0.15) is 52.0 Å². The number of carboxylic acids is 1. The van der Waals surface area contributed by atoms with Gasteiger partial charge in [0.15, 0.2) is 0 Å². The lowest BCUT2D eigenvalue weighted by atomic mass is 9.96. The van der Waals surface area contributed by atoms with Gasteiger partial charge >= 0.3 is 5.97 Å². The van der Waals surface area contributed by atoms with E-state index in [9.17, 15) is 29.4 Å². The van der Waals surface area contributed by atoms with E-state index in [0.29, 0.717) is 32.2 Å². The van der Waals surface area contributed by atoms with Gasteiger partial charge in [-0.25, -0.2) is 4.79 Å². The summed E-state index contributed by atoms with van der Waals surface area (Å²) in [5.74, 6) is -3.67. The summed E-state index contributed by atoms with van der Waals surface area (Å²) in [6.07, 6.45) is 2.65. The zero-order valence-corrected chi connectivity index (χ0v) is 22.8. The molecule has 10 N–H and O–H groups in total. The number of aliphatic carboxylic acids is 1. The third kappa shape index (κ3) is 9.05. The van der Waals surface area contributed by atoms with Gasteiger partial charge in [0.2, 0.25) is 17.7 Å². The molecule has 39 heavy (non-hydrogen) atoms. The summed E-state index contributed by atoms with van der Waals surface area (Å²) in [4.78, 5) is 54.1. The van der Waals surface area contributed by atoms with Crippen LogP contribution in [0.4, 0.5) is 0 Å². The number of carbonyl (C=O) groups excluding carboxylic acids is 3. The quantitative estimate of drug-likeness (QED) is 0.135. The number of aliphatic hydroxyl groups is 1. The highest BCUT2D eigenvalue weighted by molar-refractivity contribution is 5.94. The Morgan fingerprint density at radius 1 is 0.974 bits per heavy atom. The van der Waals surface area contributed by atoms with E-state index in [1.807, 2.05) is 31.2 Å². The highest BCUT2D eigenvalue weighted by Crippen LogP contribution is 2.19. The van der Waals surface area contributed by atoms with Crippen LogP contribution in [0, 0.1) is 5.92 Å². The van der Waals surface area contributed by atoms with E-state index in [2.05, 4.69) is 20.9 Å². The fourth-order valence-corrected chi connectivity index (χ4v) is 4.23. The summed E-state index contributed by atoms with van der Waals surface area (Å²) in [5.41, 5.74) is 12.9. The minimum absolute atomic E-state index is 0.0284. The molecule has 6 atom stereocenters. The average molecular weight is 547 g/mol. The second kappa shape index (κ2) is 15.2. The zero-order valence-electron chi connectivity index (χ0n) is 22.8. The van der Waals surface area contributed by atoms with Crippen LogP contribution in [-0.4, -0.2) is 75.7 Å². The number of hydrogen-bond donors (Lipinski definition) is 8. The van der Waals surface area contributed by atoms with Crippen molar-refractivity contribution < 1.29 is 29.4 Å². The van der Waals surface area contributed by atoms with Crippen molar-refractivity contribution >= 4 is 34.6 Å². The van der Waals surface area contributed by atoms with Crippen LogP contribution in [-0.2, 0) is 25.6 Å². The molecule has 6 unspecified atom stereocenters. The molecule has 2 rings (SSSR count). The standard InChI is InChI=1S/C27H42N6O6/c1-4-15(2)22(32-26(37)23(16(3)34)33-24(35)19(29)10-7-8-12-28)25(36)31-21(27(38)39)13-17-14-30-20-11-6-5-9-18(17)20/h5-6,9,11,14-16,19,21-23,30,34H,4,7-8,10,12-13,28-29H2,1-3H3,(H,31,36)(H,32,37)(H,33,35)(H,38,39). The fourth-order valence-electron chi connectivity index (χ4n) is 4.23. The number of aromatic nitrogens is 1. The molecule has 3 amide bonds. The van der Waals surface area contributed by atoms with Crippen LogP contribution in [0.3, 0.4) is 0 Å². The van der Waals surface area contributed by atoms with Crippen molar-refractivity contribution in [2.45, 2.75) is 83.1 Å². The van der Waals surface area contributed by atoms with Crippen molar-refractivity contribution in [2.75, 3.05) is 6.54 Å². The summed E-state index contributed by atoms with van der Waals surface area (Å²) in [6, 6.07) is 2.82. The number of carbonyl (C=O) groups is 4. The largest absolute Gasteiger partial charge is 0.480 e. The maximum Gasteiger partial charge on any atom is 0.326 e. The summed E-state index contributed by atoms with van der Waals surface area (Å²) in [5, 5.41) is 28.5. The monoisotopic (exact) mass is 546 g/mol. The molecule has 0 aliphatic heterocycles. The molecule has 1 aromatic heterocycles. The summed E-state index contributed by atoms with van der Waals surface area (Å²) >= 11 is 0. The number of nitrogens with one attached hydrogen (secondary N) is 4. The van der Waals surface area contributed by atoms with Crippen molar-refractivity contribution in [3.63, 3.8) is 0 Å². The number of benzene rings is 1. The number of carboxylic acid groups (broad SMARTS) is 1. The van der Waals surface area contributed by atoms with Crippen molar-refractivity contribution in [3.05, 3.63) is 36.0 Å². The van der Waals surface area contributed by atoms with Gasteiger partial charge in [0, 0.05) is 23.5 Å². The molecule has 1 heterocycles. The number of para-hydroxylation sites is 1. The van der Waals surface area contributed by atoms with Gasteiger partial charge in [-0.05, 0) is 43.9 Å². The van der Waals surface area contributed by atoms with Gasteiger partial charge in [-0.15, -0.1) is 0 Å². The van der Waals surface area contributed by atoms with E-state index < -0.39 is 54.0 Å². The molecule has 0 radical (unpaired) electrons. The Hall–Kier alpha value is -3.48. The summed E-state index contributed by atoms with van der Waals surface area (Å²) in [7, 11) is 0. The van der Waals surface area contributed by atoms with Crippen molar-refractivity contribution in [3.8, 4) is 0 Å². The molecule has 0 fully saturated rings. The minimum atomic E-state index is -1.36. The molecule has 12 heteroatoms. The molecular formula is C27H42N6O6. The zero-order chi connectivity index (χ0) is 29.1. The topological polar surface area (TPSA) is 213 Å². The Balaban J connectivity index is 2.14. The minimum Gasteiger partial charge on any atom is -0.480 e. The smallest absolute Gasteiger partial charge is 0.326 e. The first kappa shape index (κ1) is 31.7. The Kier molecular flexibility index (Phi) is 12.4. The molecule has 216 valence electrons. The normalized spacial score (nSPS) is 15.9. The average Bonchev–Trinajstić information content (AvgIpc) is 3.31. The fraction of sp³-hybridized carbons (Fsp3) is 0.556. The van der Waals surface area contributed by atoms with Crippen molar-refractivity contribution in [2.24, 2.45) is 17.4 Å². The second-order valence-corrected chi connectivity index (χ2v) is 9.95. The van der Waals surface area contributed by atoms with Gasteiger partial charge < -0.3 is 42.6 Å². The number of rotatable bonds is 16. The molecule has 0 spiro atoms. The van der Waals surface area contributed by atoms with Gasteiger partial charge in [0.1, 0.15) is 18.1 Å². The number of amides is 3. The lowest BCUT2D eigenvalue weighted by Crippen LogP contribution is -2.61. The predicted octanol–water partition coefficient (Wildman–Crippen LogP) is 0.133. The predicted molar refractivity (Wildman–Crippen MR) is 147 cm³/mol. The third-order valence-corrected chi connectivity index (χ3v) is 6.88. The third-order valence-electron chi connectivity index (χ3n) is 6.88. The SMILES string of the molecule is CCC(C)C(NC(=O)C(NC(=O)C(N)CCCCN)C(C)O)C(=O)NC(Cc1c[nH]c2ccccc12)C(=O)O.